The van der Waals surface area contributed by atoms with Gasteiger partial charge in [0, 0.05) is 35.9 Å². The highest BCUT2D eigenvalue weighted by Crippen LogP contribution is 2.31. The molecule has 1 aliphatic rings. The second-order valence-corrected chi connectivity index (χ2v) is 9.36. The van der Waals surface area contributed by atoms with Crippen LogP contribution in [0.5, 0.6) is 0 Å². The first-order chi connectivity index (χ1) is 15.2. The van der Waals surface area contributed by atoms with Crippen LogP contribution >= 0.6 is 22.9 Å². The molecule has 1 fully saturated rings. The number of rotatable bonds is 4. The summed E-state index contributed by atoms with van der Waals surface area (Å²) in [7, 11) is 0. The average molecular weight is 447 g/mol. The molecule has 0 bridgehead atoms. The summed E-state index contributed by atoms with van der Waals surface area (Å²) in [5.74, 6) is 0.142. The molecule has 5 heteroatoms. The molecule has 1 atom stereocenters. The van der Waals surface area contributed by atoms with E-state index in [0.29, 0.717) is 0 Å². The summed E-state index contributed by atoms with van der Waals surface area (Å²) < 4.78 is 1.16. The average Bonchev–Trinajstić information content (AvgIpc) is 3.26. The summed E-state index contributed by atoms with van der Waals surface area (Å²) in [6.07, 6.45) is 0. The third-order valence-electron chi connectivity index (χ3n) is 5.90. The minimum Gasteiger partial charge on any atom is -0.335 e. The van der Waals surface area contributed by atoms with E-state index in [0.717, 1.165) is 46.2 Å². The lowest BCUT2D eigenvalue weighted by Gasteiger charge is -2.39. The van der Waals surface area contributed by atoms with Crippen LogP contribution in [0.2, 0.25) is 5.02 Å². The van der Waals surface area contributed by atoms with Gasteiger partial charge in [-0.15, -0.1) is 11.3 Å². The number of amides is 1. The number of piperazine rings is 1. The van der Waals surface area contributed by atoms with Gasteiger partial charge in [-0.1, -0.05) is 72.3 Å². The molecule has 156 valence electrons. The van der Waals surface area contributed by atoms with Crippen LogP contribution in [-0.2, 0) is 0 Å². The fourth-order valence-corrected chi connectivity index (χ4v) is 5.48. The van der Waals surface area contributed by atoms with Crippen molar-refractivity contribution in [2.45, 2.75) is 6.04 Å². The number of halogens is 1. The molecule has 0 saturated carbocycles. The highest BCUT2D eigenvalue weighted by molar-refractivity contribution is 7.20. The first-order valence-corrected chi connectivity index (χ1v) is 11.7. The Morgan fingerprint density at radius 1 is 0.806 bits per heavy atom. The molecule has 0 spiro atoms. The van der Waals surface area contributed by atoms with Crippen molar-refractivity contribution in [1.29, 1.82) is 0 Å². The van der Waals surface area contributed by atoms with Crippen molar-refractivity contribution in [2.24, 2.45) is 0 Å². The molecule has 1 aromatic heterocycles. The number of carbonyl (C=O) groups excluding carboxylic acids is 1. The number of benzene rings is 3. The fourth-order valence-electron chi connectivity index (χ4n) is 4.32. The normalized spacial score (nSPS) is 15.8. The van der Waals surface area contributed by atoms with Crippen molar-refractivity contribution < 1.29 is 4.79 Å². The zero-order valence-corrected chi connectivity index (χ0v) is 18.6. The number of hydrogen-bond donors (Lipinski definition) is 0. The molecule has 1 saturated heterocycles. The third-order valence-corrected chi connectivity index (χ3v) is 7.26. The molecule has 0 aliphatic carbocycles. The van der Waals surface area contributed by atoms with Gasteiger partial charge in [-0.3, -0.25) is 9.69 Å². The van der Waals surface area contributed by atoms with Gasteiger partial charge in [-0.2, -0.15) is 0 Å². The second kappa shape index (κ2) is 8.83. The maximum Gasteiger partial charge on any atom is 0.264 e. The van der Waals surface area contributed by atoms with Crippen molar-refractivity contribution in [3.8, 4) is 0 Å². The maximum absolute atomic E-state index is 13.1. The predicted octanol–water partition coefficient (Wildman–Crippen LogP) is 6.10. The van der Waals surface area contributed by atoms with E-state index in [-0.39, 0.29) is 11.9 Å². The Morgan fingerprint density at radius 3 is 2.16 bits per heavy atom. The number of carbonyl (C=O) groups is 1. The molecule has 5 rings (SSSR count). The lowest BCUT2D eigenvalue weighted by molar-refractivity contribution is 0.0602. The Labute approximate surface area is 191 Å². The Hall–Kier alpha value is -2.66. The SMILES string of the molecule is O=C(c1cc2ccccc2s1)N1CCN([C@H](c2ccccc2)c2ccc(Cl)cc2)CC1. The molecular formula is C26H23ClN2OS. The Kier molecular flexibility index (Phi) is 5.77. The molecule has 1 amide bonds. The van der Waals surface area contributed by atoms with Crippen LogP contribution in [0.4, 0.5) is 0 Å². The van der Waals surface area contributed by atoms with Gasteiger partial charge in [0.25, 0.3) is 5.91 Å². The Morgan fingerprint density at radius 2 is 1.45 bits per heavy atom. The summed E-state index contributed by atoms with van der Waals surface area (Å²) in [4.78, 5) is 18.4. The van der Waals surface area contributed by atoms with E-state index in [1.165, 1.54) is 11.1 Å². The largest absolute Gasteiger partial charge is 0.335 e. The first-order valence-electron chi connectivity index (χ1n) is 10.5. The predicted molar refractivity (Wildman–Crippen MR) is 129 cm³/mol. The fraction of sp³-hybridized carbons (Fsp3) is 0.192. The van der Waals surface area contributed by atoms with Gasteiger partial charge in [0.2, 0.25) is 0 Å². The Balaban J connectivity index is 1.34. The molecule has 3 nitrogen and oxygen atoms in total. The molecular weight excluding hydrogens is 424 g/mol. The van der Waals surface area contributed by atoms with Crippen LogP contribution in [0, 0.1) is 0 Å². The van der Waals surface area contributed by atoms with E-state index in [2.05, 4.69) is 53.4 Å². The van der Waals surface area contributed by atoms with E-state index in [9.17, 15) is 4.79 Å². The molecule has 0 radical (unpaired) electrons. The Bertz CT molecular complexity index is 1150. The van der Waals surface area contributed by atoms with Crippen LogP contribution in [0.15, 0.2) is 84.9 Å². The molecule has 31 heavy (non-hydrogen) atoms. The minimum atomic E-state index is 0.142. The van der Waals surface area contributed by atoms with Gasteiger partial charge in [-0.25, -0.2) is 0 Å². The third kappa shape index (κ3) is 4.24. The standard InChI is InChI=1S/C26H23ClN2OS/c27-22-12-10-20(11-13-22)25(19-6-2-1-3-7-19)28-14-16-29(17-15-28)26(30)24-18-21-8-4-5-9-23(21)31-24/h1-13,18,25H,14-17H2/t25-/m1/s1. The number of hydrogen-bond acceptors (Lipinski definition) is 3. The monoisotopic (exact) mass is 446 g/mol. The van der Waals surface area contributed by atoms with Crippen LogP contribution in [0.3, 0.4) is 0 Å². The van der Waals surface area contributed by atoms with E-state index < -0.39 is 0 Å². The summed E-state index contributed by atoms with van der Waals surface area (Å²) in [5, 5.41) is 1.88. The zero-order valence-electron chi connectivity index (χ0n) is 17.1. The van der Waals surface area contributed by atoms with Crippen molar-refractivity contribution in [1.82, 2.24) is 9.80 Å². The van der Waals surface area contributed by atoms with Crippen LogP contribution in [0.25, 0.3) is 10.1 Å². The van der Waals surface area contributed by atoms with Crippen molar-refractivity contribution in [3.63, 3.8) is 0 Å². The maximum atomic E-state index is 13.1. The molecule has 2 heterocycles. The van der Waals surface area contributed by atoms with Crippen LogP contribution in [0.1, 0.15) is 26.8 Å². The van der Waals surface area contributed by atoms with Crippen LogP contribution in [-0.4, -0.2) is 41.9 Å². The van der Waals surface area contributed by atoms with Crippen molar-refractivity contribution >= 4 is 38.9 Å². The highest BCUT2D eigenvalue weighted by atomic mass is 35.5. The van der Waals surface area contributed by atoms with E-state index in [1.807, 2.05) is 41.3 Å². The number of nitrogens with zero attached hydrogens (tertiary/aromatic N) is 2. The highest BCUT2D eigenvalue weighted by Gasteiger charge is 2.29. The van der Waals surface area contributed by atoms with Crippen LogP contribution < -0.4 is 0 Å². The summed E-state index contributed by atoms with van der Waals surface area (Å²) in [6.45, 7) is 3.12. The zero-order chi connectivity index (χ0) is 21.2. The van der Waals surface area contributed by atoms with Gasteiger partial charge in [0.1, 0.15) is 0 Å². The van der Waals surface area contributed by atoms with Gasteiger partial charge in [0.05, 0.1) is 10.9 Å². The first kappa shape index (κ1) is 20.3. The molecule has 0 unspecified atom stereocenters. The second-order valence-electron chi connectivity index (χ2n) is 7.84. The molecule has 4 aromatic rings. The topological polar surface area (TPSA) is 23.6 Å². The smallest absolute Gasteiger partial charge is 0.264 e. The van der Waals surface area contributed by atoms with E-state index in [1.54, 1.807) is 11.3 Å². The molecule has 3 aromatic carbocycles. The molecule has 1 aliphatic heterocycles. The van der Waals surface area contributed by atoms with Gasteiger partial charge in [0.15, 0.2) is 0 Å². The van der Waals surface area contributed by atoms with Gasteiger partial charge >= 0.3 is 0 Å². The van der Waals surface area contributed by atoms with Crippen molar-refractivity contribution in [3.05, 3.63) is 106 Å². The van der Waals surface area contributed by atoms with E-state index in [4.69, 9.17) is 11.6 Å². The summed E-state index contributed by atoms with van der Waals surface area (Å²) in [6, 6.07) is 29.0. The lowest BCUT2D eigenvalue weighted by atomic mass is 9.96. The summed E-state index contributed by atoms with van der Waals surface area (Å²) in [5.41, 5.74) is 2.48. The van der Waals surface area contributed by atoms with Crippen molar-refractivity contribution in [2.75, 3.05) is 26.2 Å². The number of thiophene rings is 1. The quantitative estimate of drug-likeness (QED) is 0.378. The van der Waals surface area contributed by atoms with Gasteiger partial charge in [-0.05, 0) is 40.8 Å². The lowest BCUT2D eigenvalue weighted by Crippen LogP contribution is -2.49. The van der Waals surface area contributed by atoms with Gasteiger partial charge < -0.3 is 4.90 Å². The summed E-state index contributed by atoms with van der Waals surface area (Å²) >= 11 is 7.72. The minimum absolute atomic E-state index is 0.142. The number of fused-ring (bicyclic) bond motifs is 1. The molecule has 0 N–H and O–H groups in total. The van der Waals surface area contributed by atoms with E-state index >= 15 is 0 Å².